The molecule has 6 nitrogen and oxygen atoms in total. The van der Waals surface area contributed by atoms with Gasteiger partial charge in [-0.05, 0) is 52.6 Å². The average molecular weight is 454 g/mol. The second-order valence-corrected chi connectivity index (χ2v) is 6.49. The third kappa shape index (κ3) is 8.31. The van der Waals surface area contributed by atoms with Gasteiger partial charge in [0.05, 0.1) is 19.3 Å². The van der Waals surface area contributed by atoms with Crippen LogP contribution in [-0.2, 0) is 9.47 Å². The van der Waals surface area contributed by atoms with Gasteiger partial charge in [-0.3, -0.25) is 4.99 Å². The van der Waals surface area contributed by atoms with Gasteiger partial charge in [-0.1, -0.05) is 0 Å². The van der Waals surface area contributed by atoms with Crippen molar-refractivity contribution in [1.82, 2.24) is 15.5 Å². The van der Waals surface area contributed by atoms with Crippen molar-refractivity contribution in [2.45, 2.75) is 51.2 Å². The molecular weight excluding hydrogens is 419 g/mol. The molecule has 7 heteroatoms. The number of hydrogen-bond acceptors (Lipinski definition) is 4. The van der Waals surface area contributed by atoms with Crippen LogP contribution in [0, 0.1) is 0 Å². The Morgan fingerprint density at radius 2 is 2.17 bits per heavy atom. The maximum atomic E-state index is 5.68. The fraction of sp³-hybridized carbons (Fsp3) is 0.941. The smallest absolute Gasteiger partial charge is 0.191 e. The largest absolute Gasteiger partial charge is 0.379 e. The van der Waals surface area contributed by atoms with Crippen LogP contribution in [0.25, 0.3) is 0 Å². The zero-order valence-corrected chi connectivity index (χ0v) is 17.6. The van der Waals surface area contributed by atoms with Gasteiger partial charge in [0, 0.05) is 32.3 Å². The molecule has 2 fully saturated rings. The summed E-state index contributed by atoms with van der Waals surface area (Å²) in [6.07, 6.45) is 6.18. The van der Waals surface area contributed by atoms with Gasteiger partial charge in [0.25, 0.3) is 0 Å². The van der Waals surface area contributed by atoms with Crippen molar-refractivity contribution in [3.05, 3.63) is 0 Å². The van der Waals surface area contributed by atoms with E-state index in [2.05, 4.69) is 29.5 Å². The van der Waals surface area contributed by atoms with Gasteiger partial charge in [0.15, 0.2) is 5.96 Å². The minimum atomic E-state index is 0. The Bertz CT molecular complexity index is 351. The highest BCUT2D eigenvalue weighted by atomic mass is 127. The summed E-state index contributed by atoms with van der Waals surface area (Å²) in [6.45, 7) is 8.37. The molecule has 2 atom stereocenters. The van der Waals surface area contributed by atoms with E-state index in [0.29, 0.717) is 12.1 Å². The van der Waals surface area contributed by atoms with Gasteiger partial charge < -0.3 is 25.0 Å². The lowest BCUT2D eigenvalue weighted by Gasteiger charge is -2.18. The van der Waals surface area contributed by atoms with Gasteiger partial charge >= 0.3 is 0 Å². The molecule has 2 N–H and O–H groups in total. The Labute approximate surface area is 164 Å². The molecule has 0 amide bonds. The lowest BCUT2D eigenvalue weighted by Crippen LogP contribution is -2.39. The van der Waals surface area contributed by atoms with Crippen LogP contribution in [-0.4, -0.2) is 76.1 Å². The van der Waals surface area contributed by atoms with Crippen LogP contribution >= 0.6 is 24.0 Å². The van der Waals surface area contributed by atoms with E-state index in [1.807, 2.05) is 0 Å². The number of hydrogen-bond donors (Lipinski definition) is 2. The third-order valence-electron chi connectivity index (χ3n) is 4.56. The zero-order chi connectivity index (χ0) is 16.3. The molecule has 2 aliphatic heterocycles. The predicted octanol–water partition coefficient (Wildman–Crippen LogP) is 1.84. The molecule has 0 saturated carbocycles. The monoisotopic (exact) mass is 454 g/mol. The number of halogens is 1. The van der Waals surface area contributed by atoms with E-state index in [-0.39, 0.29) is 24.0 Å². The highest BCUT2D eigenvalue weighted by molar-refractivity contribution is 14.0. The van der Waals surface area contributed by atoms with Crippen LogP contribution in [0.1, 0.15) is 39.0 Å². The summed E-state index contributed by atoms with van der Waals surface area (Å²) >= 11 is 0. The first-order valence-corrected chi connectivity index (χ1v) is 9.21. The minimum Gasteiger partial charge on any atom is -0.379 e. The van der Waals surface area contributed by atoms with Crippen LogP contribution in [0.3, 0.4) is 0 Å². The van der Waals surface area contributed by atoms with Gasteiger partial charge in [-0.15, -0.1) is 24.0 Å². The molecule has 142 valence electrons. The van der Waals surface area contributed by atoms with Crippen LogP contribution in [0.15, 0.2) is 4.99 Å². The summed E-state index contributed by atoms with van der Waals surface area (Å²) in [5.41, 5.74) is 0. The molecule has 24 heavy (non-hydrogen) atoms. The molecule has 2 heterocycles. The van der Waals surface area contributed by atoms with Crippen molar-refractivity contribution >= 4 is 29.9 Å². The third-order valence-corrected chi connectivity index (χ3v) is 4.56. The normalized spacial score (nSPS) is 24.8. The Hall–Kier alpha value is -0.120. The van der Waals surface area contributed by atoms with Crippen LogP contribution in [0.4, 0.5) is 0 Å². The van der Waals surface area contributed by atoms with E-state index < -0.39 is 0 Å². The fourth-order valence-electron chi connectivity index (χ4n) is 3.12. The highest BCUT2D eigenvalue weighted by Crippen LogP contribution is 2.14. The molecule has 2 saturated heterocycles. The van der Waals surface area contributed by atoms with E-state index in [9.17, 15) is 0 Å². The summed E-state index contributed by atoms with van der Waals surface area (Å²) < 4.78 is 11.2. The van der Waals surface area contributed by atoms with E-state index in [1.165, 1.54) is 25.8 Å². The van der Waals surface area contributed by atoms with Crippen molar-refractivity contribution in [2.75, 3.05) is 53.0 Å². The first-order valence-electron chi connectivity index (χ1n) is 9.21. The maximum Gasteiger partial charge on any atom is 0.191 e. The molecule has 2 unspecified atom stereocenters. The first-order chi connectivity index (χ1) is 11.3. The summed E-state index contributed by atoms with van der Waals surface area (Å²) in [7, 11) is 2.19. The number of nitrogens with one attached hydrogen (secondary N) is 2. The van der Waals surface area contributed by atoms with E-state index >= 15 is 0 Å². The van der Waals surface area contributed by atoms with E-state index in [4.69, 9.17) is 14.5 Å². The second-order valence-electron chi connectivity index (χ2n) is 6.49. The van der Waals surface area contributed by atoms with Crippen molar-refractivity contribution in [3.8, 4) is 0 Å². The lowest BCUT2D eigenvalue weighted by molar-refractivity contribution is 0.0168. The Morgan fingerprint density at radius 1 is 1.29 bits per heavy atom. The molecular formula is C17H35IN4O2. The van der Waals surface area contributed by atoms with Crippen molar-refractivity contribution in [1.29, 1.82) is 0 Å². The van der Waals surface area contributed by atoms with Gasteiger partial charge in [0.1, 0.15) is 0 Å². The lowest BCUT2D eigenvalue weighted by atomic mass is 10.2. The molecule has 0 aliphatic carbocycles. The number of ether oxygens (including phenoxy) is 2. The molecule has 0 bridgehead atoms. The topological polar surface area (TPSA) is 58.1 Å². The number of rotatable bonds is 9. The first kappa shape index (κ1) is 21.9. The number of likely N-dealkylation sites (tertiary alicyclic amines) is 1. The second kappa shape index (κ2) is 13.1. The molecule has 0 aromatic rings. The average Bonchev–Trinajstić information content (AvgIpc) is 3.20. The van der Waals surface area contributed by atoms with Gasteiger partial charge in [-0.2, -0.15) is 0 Å². The van der Waals surface area contributed by atoms with Crippen LogP contribution in [0.2, 0.25) is 0 Å². The zero-order valence-electron chi connectivity index (χ0n) is 15.3. The van der Waals surface area contributed by atoms with Crippen molar-refractivity contribution in [3.63, 3.8) is 0 Å². The summed E-state index contributed by atoms with van der Waals surface area (Å²) in [4.78, 5) is 7.13. The molecule has 0 spiro atoms. The van der Waals surface area contributed by atoms with Gasteiger partial charge in [-0.25, -0.2) is 0 Å². The Kier molecular flexibility index (Phi) is 12.0. The van der Waals surface area contributed by atoms with Gasteiger partial charge in [0.2, 0.25) is 0 Å². The summed E-state index contributed by atoms with van der Waals surface area (Å²) in [6, 6.07) is 0.597. The van der Waals surface area contributed by atoms with E-state index in [0.717, 1.165) is 58.3 Å². The minimum absolute atomic E-state index is 0. The SMILES string of the molecule is CCNC(=NCC1CCCN1C)NCCCOCC1CCCO1.I. The number of aliphatic imine (C=N–C) groups is 1. The molecule has 0 aromatic heterocycles. The quantitative estimate of drug-likeness (QED) is 0.241. The number of likely N-dealkylation sites (N-methyl/N-ethyl adjacent to an activating group) is 1. The molecule has 0 aromatic carbocycles. The Balaban J connectivity index is 0.00000288. The van der Waals surface area contributed by atoms with Crippen LogP contribution < -0.4 is 10.6 Å². The predicted molar refractivity (Wildman–Crippen MR) is 109 cm³/mol. The highest BCUT2D eigenvalue weighted by Gasteiger charge is 2.20. The van der Waals surface area contributed by atoms with Crippen LogP contribution in [0.5, 0.6) is 0 Å². The molecule has 2 aliphatic rings. The number of guanidine groups is 1. The van der Waals surface area contributed by atoms with E-state index in [1.54, 1.807) is 0 Å². The fourth-order valence-corrected chi connectivity index (χ4v) is 3.12. The van der Waals surface area contributed by atoms with Crippen molar-refractivity contribution < 1.29 is 9.47 Å². The molecule has 2 rings (SSSR count). The van der Waals surface area contributed by atoms with Crippen molar-refractivity contribution in [2.24, 2.45) is 4.99 Å². The summed E-state index contributed by atoms with van der Waals surface area (Å²) in [5.74, 6) is 0.923. The summed E-state index contributed by atoms with van der Waals surface area (Å²) in [5, 5.41) is 6.71. The number of nitrogens with zero attached hydrogens (tertiary/aromatic N) is 2. The maximum absolute atomic E-state index is 5.68. The molecule has 0 radical (unpaired) electrons. The Morgan fingerprint density at radius 3 is 2.83 bits per heavy atom. The standard InChI is InChI=1S/C17H34N4O2.HI/c1-3-18-17(20-13-15-7-4-10-21(15)2)19-9-6-11-22-14-16-8-5-12-23-16;/h15-16H,3-14H2,1-2H3,(H2,18,19,20);1H.